The van der Waals surface area contributed by atoms with Crippen molar-refractivity contribution in [1.29, 1.82) is 0 Å². The quantitative estimate of drug-likeness (QED) is 0.875. The van der Waals surface area contributed by atoms with Crippen LogP contribution in [0.3, 0.4) is 0 Å². The molecular formula is C14H15F3N2O2S. The number of benzene rings is 1. The van der Waals surface area contributed by atoms with Gasteiger partial charge in [0, 0.05) is 17.9 Å². The summed E-state index contributed by atoms with van der Waals surface area (Å²) in [5.74, 6) is -4.28. The van der Waals surface area contributed by atoms with Crippen molar-refractivity contribution in [2.75, 3.05) is 0 Å². The topological polar surface area (TPSA) is 51.1 Å². The van der Waals surface area contributed by atoms with Gasteiger partial charge in [0.25, 0.3) is 0 Å². The molecule has 0 atom stereocenters. The summed E-state index contributed by atoms with van der Waals surface area (Å²) in [7, 11) is -3.76. The first kappa shape index (κ1) is 16.6. The summed E-state index contributed by atoms with van der Waals surface area (Å²) < 4.78 is 67.9. The molecule has 4 nitrogen and oxygen atoms in total. The van der Waals surface area contributed by atoms with Crippen LogP contribution < -0.4 is 4.72 Å². The van der Waals surface area contributed by atoms with Crippen LogP contribution in [-0.2, 0) is 10.0 Å². The van der Waals surface area contributed by atoms with Crippen molar-refractivity contribution in [3.05, 3.63) is 47.5 Å². The highest BCUT2D eigenvalue weighted by molar-refractivity contribution is 7.89. The third-order valence-electron chi connectivity index (χ3n) is 2.96. The van der Waals surface area contributed by atoms with Crippen molar-refractivity contribution in [1.82, 2.24) is 9.29 Å². The monoisotopic (exact) mass is 332 g/mol. The van der Waals surface area contributed by atoms with Crippen molar-refractivity contribution in [2.45, 2.75) is 31.7 Å². The Bertz CT molecular complexity index is 814. The van der Waals surface area contributed by atoms with Crippen LogP contribution in [0, 0.1) is 24.4 Å². The molecule has 1 N–H and O–H groups in total. The standard InChI is InChI=1S/C14H15F3N2O2S/c1-8(2)18-22(20,21)10-6-9(3)19(7-10)12-5-4-11(15)13(16)14(12)17/h4-8,18H,1-3H3. The van der Waals surface area contributed by atoms with E-state index >= 15 is 0 Å². The van der Waals surface area contributed by atoms with Gasteiger partial charge in [-0.3, -0.25) is 0 Å². The Labute approximate surface area is 126 Å². The maximum Gasteiger partial charge on any atom is 0.242 e. The van der Waals surface area contributed by atoms with Gasteiger partial charge in [0.05, 0.1) is 5.69 Å². The molecule has 0 aliphatic heterocycles. The Morgan fingerprint density at radius 3 is 2.36 bits per heavy atom. The lowest BCUT2D eigenvalue weighted by Gasteiger charge is -2.09. The van der Waals surface area contributed by atoms with E-state index < -0.39 is 27.5 Å². The summed E-state index contributed by atoms with van der Waals surface area (Å²) in [6, 6.07) is 2.85. The first-order valence-electron chi connectivity index (χ1n) is 6.48. The minimum atomic E-state index is -3.76. The van der Waals surface area contributed by atoms with Gasteiger partial charge in [-0.2, -0.15) is 0 Å². The van der Waals surface area contributed by atoms with Crippen molar-refractivity contribution in [2.24, 2.45) is 0 Å². The maximum absolute atomic E-state index is 13.8. The highest BCUT2D eigenvalue weighted by atomic mass is 32.2. The highest BCUT2D eigenvalue weighted by Gasteiger charge is 2.21. The second kappa shape index (κ2) is 5.77. The fraction of sp³-hybridized carbons (Fsp3) is 0.286. The van der Waals surface area contributed by atoms with Gasteiger partial charge in [0.2, 0.25) is 10.0 Å². The van der Waals surface area contributed by atoms with E-state index in [4.69, 9.17) is 0 Å². The van der Waals surface area contributed by atoms with Crippen molar-refractivity contribution < 1.29 is 21.6 Å². The number of nitrogens with one attached hydrogen (secondary N) is 1. The summed E-state index contributed by atoms with van der Waals surface area (Å²) in [5.41, 5.74) is 0.108. The zero-order chi connectivity index (χ0) is 16.7. The molecule has 1 aromatic carbocycles. The number of hydrogen-bond acceptors (Lipinski definition) is 2. The Balaban J connectivity index is 2.55. The third-order valence-corrected chi connectivity index (χ3v) is 4.59. The number of hydrogen-bond donors (Lipinski definition) is 1. The molecule has 0 bridgehead atoms. The van der Waals surface area contributed by atoms with E-state index in [0.29, 0.717) is 5.69 Å². The van der Waals surface area contributed by atoms with E-state index in [1.165, 1.54) is 13.0 Å². The van der Waals surface area contributed by atoms with E-state index in [2.05, 4.69) is 4.72 Å². The average Bonchev–Trinajstić information content (AvgIpc) is 2.78. The minimum absolute atomic E-state index is 0.0807. The van der Waals surface area contributed by atoms with Crippen LogP contribution in [0.15, 0.2) is 29.3 Å². The van der Waals surface area contributed by atoms with Crippen LogP contribution >= 0.6 is 0 Å². The summed E-state index contributed by atoms with van der Waals surface area (Å²) in [5, 5.41) is 0. The van der Waals surface area contributed by atoms with Crippen LogP contribution in [0.25, 0.3) is 5.69 Å². The molecular weight excluding hydrogens is 317 g/mol. The molecule has 0 unspecified atom stereocenters. The minimum Gasteiger partial charge on any atom is -0.317 e. The molecule has 8 heteroatoms. The summed E-state index contributed by atoms with van der Waals surface area (Å²) in [6.07, 6.45) is 1.16. The van der Waals surface area contributed by atoms with Crippen LogP contribution in [0.2, 0.25) is 0 Å². The number of sulfonamides is 1. The normalized spacial score (nSPS) is 12.1. The highest BCUT2D eigenvalue weighted by Crippen LogP contribution is 2.23. The first-order valence-corrected chi connectivity index (χ1v) is 7.97. The molecule has 0 saturated heterocycles. The number of nitrogens with zero attached hydrogens (tertiary/aromatic N) is 1. The fourth-order valence-electron chi connectivity index (χ4n) is 2.03. The fourth-order valence-corrected chi connectivity index (χ4v) is 3.35. The molecule has 120 valence electrons. The molecule has 1 heterocycles. The zero-order valence-electron chi connectivity index (χ0n) is 12.2. The Hall–Kier alpha value is -1.80. The van der Waals surface area contributed by atoms with E-state index in [-0.39, 0.29) is 16.6 Å². The van der Waals surface area contributed by atoms with Crippen molar-refractivity contribution >= 4 is 10.0 Å². The van der Waals surface area contributed by atoms with Gasteiger partial charge in [-0.05, 0) is 39.0 Å². The lowest BCUT2D eigenvalue weighted by Crippen LogP contribution is -2.29. The van der Waals surface area contributed by atoms with E-state index in [1.54, 1.807) is 13.8 Å². The van der Waals surface area contributed by atoms with Gasteiger partial charge in [0.15, 0.2) is 17.5 Å². The number of halogens is 3. The van der Waals surface area contributed by atoms with E-state index in [9.17, 15) is 21.6 Å². The molecule has 2 rings (SSSR count). The SMILES string of the molecule is Cc1cc(S(=O)(=O)NC(C)C)cn1-c1ccc(F)c(F)c1F. The van der Waals surface area contributed by atoms with Crippen LogP contribution in [0.1, 0.15) is 19.5 Å². The van der Waals surface area contributed by atoms with Gasteiger partial charge < -0.3 is 4.57 Å². The lowest BCUT2D eigenvalue weighted by atomic mass is 10.2. The number of aromatic nitrogens is 1. The second-order valence-electron chi connectivity index (χ2n) is 5.16. The molecule has 0 spiro atoms. The van der Waals surface area contributed by atoms with E-state index in [0.717, 1.165) is 22.9 Å². The Morgan fingerprint density at radius 1 is 1.14 bits per heavy atom. The first-order chi connectivity index (χ1) is 10.1. The second-order valence-corrected chi connectivity index (χ2v) is 6.87. The molecule has 2 aromatic rings. The van der Waals surface area contributed by atoms with Gasteiger partial charge in [-0.1, -0.05) is 0 Å². The largest absolute Gasteiger partial charge is 0.317 e. The Kier molecular flexibility index (Phi) is 4.35. The predicted molar refractivity (Wildman–Crippen MR) is 75.8 cm³/mol. The van der Waals surface area contributed by atoms with Crippen molar-refractivity contribution in [3.8, 4) is 5.69 Å². The van der Waals surface area contributed by atoms with Crippen LogP contribution in [0.5, 0.6) is 0 Å². The molecule has 0 aliphatic rings. The molecule has 0 fully saturated rings. The molecule has 1 aromatic heterocycles. The van der Waals surface area contributed by atoms with Crippen LogP contribution in [0.4, 0.5) is 13.2 Å². The summed E-state index contributed by atoms with van der Waals surface area (Å²) >= 11 is 0. The third kappa shape index (κ3) is 3.02. The molecule has 0 radical (unpaired) electrons. The lowest BCUT2D eigenvalue weighted by molar-refractivity contribution is 0.444. The molecule has 22 heavy (non-hydrogen) atoms. The van der Waals surface area contributed by atoms with E-state index in [1.807, 2.05) is 0 Å². The van der Waals surface area contributed by atoms with Gasteiger partial charge in [-0.15, -0.1) is 0 Å². The summed E-state index contributed by atoms with van der Waals surface area (Å²) in [4.78, 5) is -0.0807. The predicted octanol–water partition coefficient (Wildman–Crippen LogP) is 2.89. The number of rotatable bonds is 4. The molecule has 0 amide bonds. The zero-order valence-corrected chi connectivity index (χ0v) is 13.0. The number of aryl methyl sites for hydroxylation is 1. The van der Waals surface area contributed by atoms with Gasteiger partial charge >= 0.3 is 0 Å². The molecule has 0 aliphatic carbocycles. The average molecular weight is 332 g/mol. The molecule has 0 saturated carbocycles. The van der Waals surface area contributed by atoms with Crippen molar-refractivity contribution in [3.63, 3.8) is 0 Å². The Morgan fingerprint density at radius 2 is 1.77 bits per heavy atom. The van der Waals surface area contributed by atoms with Crippen LogP contribution in [-0.4, -0.2) is 19.0 Å². The maximum atomic E-state index is 13.8. The van der Waals surface area contributed by atoms with Gasteiger partial charge in [0.1, 0.15) is 4.90 Å². The van der Waals surface area contributed by atoms with Gasteiger partial charge in [-0.25, -0.2) is 26.3 Å². The smallest absolute Gasteiger partial charge is 0.242 e. The summed E-state index contributed by atoms with van der Waals surface area (Å²) in [6.45, 7) is 4.86.